The molecule has 0 spiro atoms. The molecular weight excluding hydrogens is 165 g/mol. The van der Waals surface area contributed by atoms with Crippen LogP contribution in [0.15, 0.2) is 18.3 Å². The molecule has 0 aliphatic heterocycles. The van der Waals surface area contributed by atoms with E-state index in [9.17, 15) is 0 Å². The molecule has 0 aliphatic rings. The molecule has 1 atom stereocenters. The number of aromatic amines is 1. The normalized spacial score (nSPS) is 14.8. The number of nitrogens with one attached hydrogen (secondary N) is 1. The molecule has 0 amide bonds. The first-order chi connectivity index (χ1) is 5.66. The summed E-state index contributed by atoms with van der Waals surface area (Å²) in [5, 5.41) is 0. The molecule has 1 heterocycles. The Morgan fingerprint density at radius 1 is 1.67 bits per heavy atom. The Balaban J connectivity index is 3.16. The molecule has 1 aromatic rings. The molecule has 0 radical (unpaired) electrons. The van der Waals surface area contributed by atoms with Crippen LogP contribution in [-0.4, -0.2) is 17.9 Å². The Morgan fingerprint density at radius 2 is 2.33 bits per heavy atom. The lowest BCUT2D eigenvalue weighted by Gasteiger charge is -2.03. The highest BCUT2D eigenvalue weighted by molar-refractivity contribution is 7.62. The standard InChI is InChI=1S/C10H16NP/c1-5-8(2)9-6-7-11-10(9)12(3)4/h5-7,11-12H,3H2,1-2,4H3/b8-5-. The van der Waals surface area contributed by atoms with Crippen molar-refractivity contribution >= 4 is 24.9 Å². The topological polar surface area (TPSA) is 15.8 Å². The van der Waals surface area contributed by atoms with Crippen LogP contribution in [0.1, 0.15) is 19.4 Å². The number of hydrogen-bond acceptors (Lipinski definition) is 0. The molecule has 1 aromatic heterocycles. The van der Waals surface area contributed by atoms with Crippen LogP contribution in [0.3, 0.4) is 0 Å². The number of H-pyrrole nitrogens is 1. The largest absolute Gasteiger partial charge is 0.361 e. The van der Waals surface area contributed by atoms with Gasteiger partial charge in [0.25, 0.3) is 0 Å². The smallest absolute Gasteiger partial charge is 0.0417 e. The van der Waals surface area contributed by atoms with Gasteiger partial charge in [0, 0.05) is 17.2 Å². The molecule has 1 N–H and O–H groups in total. The Kier molecular flexibility index (Phi) is 2.99. The van der Waals surface area contributed by atoms with Crippen molar-refractivity contribution in [1.29, 1.82) is 0 Å². The Bertz CT molecular complexity index is 320. The second kappa shape index (κ2) is 3.82. The maximum Gasteiger partial charge on any atom is 0.0417 e. The van der Waals surface area contributed by atoms with Gasteiger partial charge in [-0.25, -0.2) is 0 Å². The van der Waals surface area contributed by atoms with Crippen LogP contribution in [0.5, 0.6) is 0 Å². The van der Waals surface area contributed by atoms with Crippen molar-refractivity contribution in [1.82, 2.24) is 4.98 Å². The van der Waals surface area contributed by atoms with Gasteiger partial charge in [0.05, 0.1) is 0 Å². The van der Waals surface area contributed by atoms with E-state index in [0.29, 0.717) is 0 Å². The van der Waals surface area contributed by atoms with Crippen LogP contribution in [0.25, 0.3) is 5.57 Å². The van der Waals surface area contributed by atoms with Crippen LogP contribution in [0.2, 0.25) is 0 Å². The predicted octanol–water partition coefficient (Wildman–Crippen LogP) is 2.34. The maximum absolute atomic E-state index is 4.10. The predicted molar refractivity (Wildman–Crippen MR) is 61.1 cm³/mol. The molecule has 1 nitrogen and oxygen atoms in total. The summed E-state index contributed by atoms with van der Waals surface area (Å²) in [6.45, 7) is 6.40. The average Bonchev–Trinajstić information content (AvgIpc) is 2.50. The summed E-state index contributed by atoms with van der Waals surface area (Å²) in [6.07, 6.45) is 8.24. The molecule has 0 saturated carbocycles. The fourth-order valence-corrected chi connectivity index (χ4v) is 2.28. The SMILES string of the molecule is C=[PH](C)c1[nH]ccc1/C(C)=C\C. The Morgan fingerprint density at radius 3 is 2.83 bits per heavy atom. The maximum atomic E-state index is 4.10. The summed E-state index contributed by atoms with van der Waals surface area (Å²) in [5.41, 5.74) is 4.00. The van der Waals surface area contributed by atoms with Crippen LogP contribution in [-0.2, 0) is 0 Å². The highest BCUT2D eigenvalue weighted by atomic mass is 31.1. The van der Waals surface area contributed by atoms with E-state index in [2.05, 4.69) is 43.9 Å². The van der Waals surface area contributed by atoms with E-state index in [1.165, 1.54) is 16.6 Å². The summed E-state index contributed by atoms with van der Waals surface area (Å²) in [6, 6.07) is 2.13. The zero-order valence-corrected chi connectivity index (χ0v) is 8.94. The third-order valence-electron chi connectivity index (χ3n) is 2.03. The van der Waals surface area contributed by atoms with Gasteiger partial charge in [0.1, 0.15) is 0 Å². The molecule has 2 heteroatoms. The van der Waals surface area contributed by atoms with Crippen molar-refractivity contribution in [3.8, 4) is 0 Å². The number of aromatic nitrogens is 1. The van der Waals surface area contributed by atoms with Gasteiger partial charge in [-0.3, -0.25) is 0 Å². The van der Waals surface area contributed by atoms with E-state index in [4.69, 9.17) is 0 Å². The van der Waals surface area contributed by atoms with E-state index in [1.54, 1.807) is 0 Å². The average molecular weight is 181 g/mol. The second-order valence-corrected chi connectivity index (χ2v) is 5.08. The van der Waals surface area contributed by atoms with Crippen LogP contribution >= 0.6 is 7.55 Å². The molecule has 0 bridgehead atoms. The zero-order valence-electron chi connectivity index (χ0n) is 7.94. The lowest BCUT2D eigenvalue weighted by atomic mass is 10.1. The third kappa shape index (κ3) is 1.73. The molecule has 0 saturated heterocycles. The Hall–Kier alpha value is -0.680. The molecular formula is C10H16NP. The second-order valence-electron chi connectivity index (χ2n) is 3.02. The van der Waals surface area contributed by atoms with Crippen molar-refractivity contribution in [2.45, 2.75) is 13.8 Å². The minimum atomic E-state index is -0.600. The molecule has 1 rings (SSSR count). The first kappa shape index (κ1) is 9.41. The van der Waals surface area contributed by atoms with Gasteiger partial charge in [0.2, 0.25) is 0 Å². The summed E-state index contributed by atoms with van der Waals surface area (Å²) in [4.78, 5) is 3.26. The molecule has 0 fully saturated rings. The van der Waals surface area contributed by atoms with Gasteiger partial charge < -0.3 is 4.98 Å². The molecule has 66 valence electrons. The van der Waals surface area contributed by atoms with E-state index >= 15 is 0 Å². The minimum Gasteiger partial charge on any atom is -0.361 e. The molecule has 12 heavy (non-hydrogen) atoms. The fourth-order valence-electron chi connectivity index (χ4n) is 1.21. The van der Waals surface area contributed by atoms with Crippen LogP contribution < -0.4 is 5.44 Å². The first-order valence-corrected chi connectivity index (χ1v) is 6.34. The van der Waals surface area contributed by atoms with Crippen LogP contribution in [0.4, 0.5) is 0 Å². The minimum absolute atomic E-state index is 0.600. The number of allylic oxidation sites excluding steroid dienone is 2. The van der Waals surface area contributed by atoms with E-state index in [1.807, 2.05) is 6.20 Å². The van der Waals surface area contributed by atoms with Gasteiger partial charge in [0.15, 0.2) is 0 Å². The molecule has 0 aliphatic carbocycles. The Labute approximate surface area is 74.9 Å². The van der Waals surface area contributed by atoms with Crippen LogP contribution in [0, 0.1) is 0 Å². The van der Waals surface area contributed by atoms with Crippen molar-refractivity contribution in [2.24, 2.45) is 0 Å². The lowest BCUT2D eigenvalue weighted by Crippen LogP contribution is -2.01. The summed E-state index contributed by atoms with van der Waals surface area (Å²) in [5.74, 6) is 0. The number of rotatable bonds is 2. The van der Waals surface area contributed by atoms with Gasteiger partial charge in [-0.2, -0.15) is 0 Å². The number of hydrogen-bond donors (Lipinski definition) is 1. The summed E-state index contributed by atoms with van der Waals surface area (Å²) >= 11 is 0. The van der Waals surface area contributed by atoms with Gasteiger partial charge in [-0.15, -0.1) is 0 Å². The molecule has 1 unspecified atom stereocenters. The van der Waals surface area contributed by atoms with Crippen molar-refractivity contribution in [3.63, 3.8) is 0 Å². The monoisotopic (exact) mass is 181 g/mol. The van der Waals surface area contributed by atoms with Gasteiger partial charge in [-0.05, 0) is 32.2 Å². The van der Waals surface area contributed by atoms with E-state index in [0.717, 1.165) is 0 Å². The lowest BCUT2D eigenvalue weighted by molar-refractivity contribution is 1.47. The highest BCUT2D eigenvalue weighted by Crippen LogP contribution is 2.20. The first-order valence-electron chi connectivity index (χ1n) is 4.13. The highest BCUT2D eigenvalue weighted by Gasteiger charge is 2.03. The molecule has 0 aromatic carbocycles. The van der Waals surface area contributed by atoms with E-state index < -0.39 is 7.55 Å². The van der Waals surface area contributed by atoms with Crippen molar-refractivity contribution in [2.75, 3.05) is 6.66 Å². The third-order valence-corrected chi connectivity index (χ3v) is 3.30. The fraction of sp³-hybridized carbons (Fsp3) is 0.300. The summed E-state index contributed by atoms with van der Waals surface area (Å²) < 4.78 is 0. The van der Waals surface area contributed by atoms with Crippen molar-refractivity contribution in [3.05, 3.63) is 23.9 Å². The van der Waals surface area contributed by atoms with Crippen molar-refractivity contribution < 1.29 is 0 Å². The van der Waals surface area contributed by atoms with Gasteiger partial charge in [-0.1, -0.05) is 19.9 Å². The summed E-state index contributed by atoms with van der Waals surface area (Å²) in [7, 11) is -0.600. The zero-order chi connectivity index (χ0) is 9.14. The van der Waals surface area contributed by atoms with Gasteiger partial charge >= 0.3 is 0 Å². The van der Waals surface area contributed by atoms with E-state index in [-0.39, 0.29) is 0 Å². The quantitative estimate of drug-likeness (QED) is 0.674.